The zero-order valence-electron chi connectivity index (χ0n) is 11.3. The van der Waals surface area contributed by atoms with Crippen LogP contribution >= 0.6 is 0 Å². The number of hydrogen-bond donors (Lipinski definition) is 1. The molecule has 21 heavy (non-hydrogen) atoms. The third-order valence-electron chi connectivity index (χ3n) is 2.62. The number of aldehydes is 1. The Morgan fingerprint density at radius 1 is 1.00 bits per heavy atom. The Kier molecular flexibility index (Phi) is 5.34. The number of hydrogen-bond acceptors (Lipinski definition) is 4. The molecule has 0 aliphatic heterocycles. The predicted octanol–water partition coefficient (Wildman–Crippen LogP) is 3.13. The van der Waals surface area contributed by atoms with Crippen LogP contribution in [0.25, 0.3) is 0 Å². The van der Waals surface area contributed by atoms with Crippen molar-refractivity contribution in [2.45, 2.75) is 0 Å². The van der Waals surface area contributed by atoms with E-state index in [1.807, 2.05) is 18.2 Å². The number of ether oxygens (including phenoxy) is 2. The van der Waals surface area contributed by atoms with Crippen LogP contribution in [0, 0.1) is 0 Å². The van der Waals surface area contributed by atoms with E-state index < -0.39 is 6.09 Å². The first-order valence-corrected chi connectivity index (χ1v) is 6.45. The Bertz CT molecular complexity index is 581. The van der Waals surface area contributed by atoms with Gasteiger partial charge in [-0.05, 0) is 36.4 Å². The molecule has 0 saturated carbocycles. The summed E-state index contributed by atoms with van der Waals surface area (Å²) in [6.07, 6.45) is 0.238. The Labute approximate surface area is 122 Å². The highest BCUT2D eigenvalue weighted by Crippen LogP contribution is 2.11. The van der Waals surface area contributed by atoms with Gasteiger partial charge in [-0.15, -0.1) is 0 Å². The lowest BCUT2D eigenvalue weighted by Crippen LogP contribution is -2.17. The molecule has 2 aromatic carbocycles. The summed E-state index contributed by atoms with van der Waals surface area (Å²) in [5, 5.41) is 2.60. The number of rotatable bonds is 6. The van der Waals surface area contributed by atoms with Crippen molar-refractivity contribution in [3.05, 3.63) is 60.2 Å². The molecule has 1 N–H and O–H groups in total. The van der Waals surface area contributed by atoms with Crippen LogP contribution < -0.4 is 10.1 Å². The van der Waals surface area contributed by atoms with Gasteiger partial charge in [0.15, 0.2) is 0 Å². The molecule has 0 spiro atoms. The van der Waals surface area contributed by atoms with Crippen LogP contribution in [0.5, 0.6) is 5.75 Å². The van der Waals surface area contributed by atoms with Crippen molar-refractivity contribution in [1.29, 1.82) is 0 Å². The summed E-state index contributed by atoms with van der Waals surface area (Å²) < 4.78 is 10.4. The predicted molar refractivity (Wildman–Crippen MR) is 78.7 cm³/mol. The number of nitrogens with one attached hydrogen (secondary N) is 1. The Morgan fingerprint density at radius 2 is 1.71 bits per heavy atom. The van der Waals surface area contributed by atoms with Gasteiger partial charge in [0.25, 0.3) is 0 Å². The van der Waals surface area contributed by atoms with Crippen molar-refractivity contribution < 1.29 is 19.1 Å². The highest BCUT2D eigenvalue weighted by molar-refractivity contribution is 5.84. The van der Waals surface area contributed by atoms with Gasteiger partial charge >= 0.3 is 6.09 Å². The number of para-hydroxylation sites is 1. The van der Waals surface area contributed by atoms with Crippen LogP contribution in [-0.4, -0.2) is 25.6 Å². The lowest BCUT2D eigenvalue weighted by atomic mass is 10.2. The van der Waals surface area contributed by atoms with Crippen molar-refractivity contribution in [2.24, 2.45) is 0 Å². The van der Waals surface area contributed by atoms with Gasteiger partial charge in [-0.2, -0.15) is 0 Å². The van der Waals surface area contributed by atoms with E-state index in [2.05, 4.69) is 5.32 Å². The molecule has 0 aliphatic carbocycles. The smallest absolute Gasteiger partial charge is 0.411 e. The maximum absolute atomic E-state index is 11.5. The molecule has 108 valence electrons. The number of carbonyl (C=O) groups excluding carboxylic acids is 2. The SMILES string of the molecule is O=Cc1ccc(OCCOC(=O)Nc2ccccc2)cc1. The molecule has 0 radical (unpaired) electrons. The van der Waals surface area contributed by atoms with E-state index in [0.717, 1.165) is 6.29 Å². The van der Waals surface area contributed by atoms with E-state index in [-0.39, 0.29) is 13.2 Å². The van der Waals surface area contributed by atoms with E-state index in [0.29, 0.717) is 17.0 Å². The Morgan fingerprint density at radius 3 is 2.38 bits per heavy atom. The summed E-state index contributed by atoms with van der Waals surface area (Å²) in [7, 11) is 0. The molecule has 0 unspecified atom stereocenters. The van der Waals surface area contributed by atoms with Crippen LogP contribution in [0.1, 0.15) is 10.4 Å². The lowest BCUT2D eigenvalue weighted by molar-refractivity contribution is 0.112. The van der Waals surface area contributed by atoms with Crippen LogP contribution in [0.15, 0.2) is 54.6 Å². The third-order valence-corrected chi connectivity index (χ3v) is 2.62. The van der Waals surface area contributed by atoms with E-state index in [1.165, 1.54) is 0 Å². The van der Waals surface area contributed by atoms with Crippen LogP contribution in [-0.2, 0) is 4.74 Å². The zero-order chi connectivity index (χ0) is 14.9. The second kappa shape index (κ2) is 7.69. The molecular weight excluding hydrogens is 270 g/mol. The fourth-order valence-electron chi connectivity index (χ4n) is 1.61. The quantitative estimate of drug-likeness (QED) is 0.654. The van der Waals surface area contributed by atoms with Crippen molar-refractivity contribution >= 4 is 18.1 Å². The van der Waals surface area contributed by atoms with Crippen molar-refractivity contribution in [3.63, 3.8) is 0 Å². The third kappa shape index (κ3) is 4.99. The fraction of sp³-hybridized carbons (Fsp3) is 0.125. The van der Waals surface area contributed by atoms with Gasteiger partial charge in [-0.25, -0.2) is 4.79 Å². The monoisotopic (exact) mass is 285 g/mol. The fourth-order valence-corrected chi connectivity index (χ4v) is 1.61. The topological polar surface area (TPSA) is 64.6 Å². The number of amides is 1. The number of benzene rings is 2. The van der Waals surface area contributed by atoms with Gasteiger partial charge < -0.3 is 9.47 Å². The van der Waals surface area contributed by atoms with Gasteiger partial charge in [-0.3, -0.25) is 10.1 Å². The summed E-state index contributed by atoms with van der Waals surface area (Å²) in [5.74, 6) is 0.618. The second-order valence-electron chi connectivity index (χ2n) is 4.16. The summed E-state index contributed by atoms with van der Waals surface area (Å²) in [6, 6.07) is 15.7. The minimum absolute atomic E-state index is 0.133. The maximum atomic E-state index is 11.5. The number of anilines is 1. The van der Waals surface area contributed by atoms with E-state index >= 15 is 0 Å². The number of carbonyl (C=O) groups is 2. The van der Waals surface area contributed by atoms with Gasteiger partial charge in [0.1, 0.15) is 25.2 Å². The molecule has 0 aromatic heterocycles. The highest BCUT2D eigenvalue weighted by atomic mass is 16.6. The van der Waals surface area contributed by atoms with Crippen molar-refractivity contribution in [2.75, 3.05) is 18.5 Å². The van der Waals surface area contributed by atoms with Crippen molar-refractivity contribution in [3.8, 4) is 5.75 Å². The first-order valence-electron chi connectivity index (χ1n) is 6.45. The molecule has 1 amide bonds. The summed E-state index contributed by atoms with van der Waals surface area (Å²) in [6.45, 7) is 0.372. The molecule has 0 bridgehead atoms. The first kappa shape index (κ1) is 14.6. The molecule has 2 rings (SSSR count). The summed E-state index contributed by atoms with van der Waals surface area (Å²) >= 11 is 0. The standard InChI is InChI=1S/C16H15NO4/c18-12-13-6-8-15(9-7-13)20-10-11-21-16(19)17-14-4-2-1-3-5-14/h1-9,12H,10-11H2,(H,17,19). The molecule has 5 nitrogen and oxygen atoms in total. The average molecular weight is 285 g/mol. The van der Waals surface area contributed by atoms with Crippen LogP contribution in [0.2, 0.25) is 0 Å². The molecule has 0 fully saturated rings. The van der Waals surface area contributed by atoms with Crippen LogP contribution in [0.3, 0.4) is 0 Å². The second-order valence-corrected chi connectivity index (χ2v) is 4.16. The van der Waals surface area contributed by atoms with Crippen molar-refractivity contribution in [1.82, 2.24) is 0 Å². The molecule has 0 atom stereocenters. The van der Waals surface area contributed by atoms with Gasteiger partial charge in [-0.1, -0.05) is 18.2 Å². The lowest BCUT2D eigenvalue weighted by Gasteiger charge is -2.08. The van der Waals surface area contributed by atoms with Gasteiger partial charge in [0.2, 0.25) is 0 Å². The summed E-state index contributed by atoms with van der Waals surface area (Å²) in [4.78, 5) is 22.0. The normalized spacial score (nSPS) is 9.71. The highest BCUT2D eigenvalue weighted by Gasteiger charge is 2.02. The molecular formula is C16H15NO4. The minimum atomic E-state index is -0.527. The first-order chi connectivity index (χ1) is 10.3. The Hall–Kier alpha value is -2.82. The maximum Gasteiger partial charge on any atom is 0.411 e. The van der Waals surface area contributed by atoms with Gasteiger partial charge in [0, 0.05) is 11.3 Å². The van der Waals surface area contributed by atoms with E-state index in [1.54, 1.807) is 36.4 Å². The van der Waals surface area contributed by atoms with E-state index in [9.17, 15) is 9.59 Å². The van der Waals surface area contributed by atoms with Crippen LogP contribution in [0.4, 0.5) is 10.5 Å². The molecule has 5 heteroatoms. The molecule has 0 saturated heterocycles. The zero-order valence-corrected chi connectivity index (χ0v) is 11.3. The summed E-state index contributed by atoms with van der Waals surface area (Å²) in [5.41, 5.74) is 1.26. The largest absolute Gasteiger partial charge is 0.490 e. The molecule has 0 heterocycles. The Balaban J connectivity index is 1.67. The van der Waals surface area contributed by atoms with Gasteiger partial charge in [0.05, 0.1) is 0 Å². The molecule has 0 aliphatic rings. The molecule has 2 aromatic rings. The van der Waals surface area contributed by atoms with E-state index in [4.69, 9.17) is 9.47 Å². The minimum Gasteiger partial charge on any atom is -0.490 e. The average Bonchev–Trinajstić information content (AvgIpc) is 2.53.